The van der Waals surface area contributed by atoms with Gasteiger partial charge in [0.05, 0.1) is 5.41 Å². The van der Waals surface area contributed by atoms with Crippen LogP contribution in [-0.2, 0) is 9.59 Å². The average molecular weight is 264 g/mol. The highest BCUT2D eigenvalue weighted by molar-refractivity contribution is 5.93. The molecule has 5 heteroatoms. The van der Waals surface area contributed by atoms with Crippen LogP contribution in [0.4, 0.5) is 5.82 Å². The third kappa shape index (κ3) is 3.77. The van der Waals surface area contributed by atoms with Gasteiger partial charge in [0.1, 0.15) is 5.82 Å². The Morgan fingerprint density at radius 1 is 1.42 bits per heavy atom. The number of nitrogens with one attached hydrogen (secondary N) is 1. The standard InChI is InChI=1S/C14H20N2O3/c1-9(2)14(4,13(18)19)8-12(17)16-11-7-5-6-10(3)15-11/h5-7,9H,8H2,1-4H3,(H,18,19)(H,15,16,17). The second kappa shape index (κ2) is 5.82. The molecule has 5 nitrogen and oxygen atoms in total. The number of anilines is 1. The third-order valence-corrected chi connectivity index (χ3v) is 3.45. The van der Waals surface area contributed by atoms with Crippen LogP contribution < -0.4 is 5.32 Å². The van der Waals surface area contributed by atoms with Crippen molar-refractivity contribution in [3.05, 3.63) is 23.9 Å². The molecule has 0 saturated heterocycles. The van der Waals surface area contributed by atoms with Gasteiger partial charge in [-0.25, -0.2) is 4.98 Å². The summed E-state index contributed by atoms with van der Waals surface area (Å²) < 4.78 is 0. The summed E-state index contributed by atoms with van der Waals surface area (Å²) in [4.78, 5) is 27.4. The highest BCUT2D eigenvalue weighted by Crippen LogP contribution is 2.31. The number of pyridine rings is 1. The highest BCUT2D eigenvalue weighted by atomic mass is 16.4. The van der Waals surface area contributed by atoms with Crippen LogP contribution in [0.1, 0.15) is 32.9 Å². The van der Waals surface area contributed by atoms with Gasteiger partial charge in [0.2, 0.25) is 5.91 Å². The van der Waals surface area contributed by atoms with Gasteiger partial charge < -0.3 is 10.4 Å². The fraction of sp³-hybridized carbons (Fsp3) is 0.500. The molecule has 0 aliphatic rings. The smallest absolute Gasteiger partial charge is 0.310 e. The van der Waals surface area contributed by atoms with Gasteiger partial charge in [-0.1, -0.05) is 19.9 Å². The number of carboxylic acid groups (broad SMARTS) is 1. The van der Waals surface area contributed by atoms with Gasteiger partial charge in [-0.3, -0.25) is 9.59 Å². The number of nitrogens with zero attached hydrogens (tertiary/aromatic N) is 1. The summed E-state index contributed by atoms with van der Waals surface area (Å²) in [7, 11) is 0. The molecular weight excluding hydrogens is 244 g/mol. The first-order valence-corrected chi connectivity index (χ1v) is 6.22. The van der Waals surface area contributed by atoms with Crippen molar-refractivity contribution >= 4 is 17.7 Å². The van der Waals surface area contributed by atoms with Gasteiger partial charge in [0, 0.05) is 12.1 Å². The Kier molecular flexibility index (Phi) is 4.64. The first-order valence-electron chi connectivity index (χ1n) is 6.22. The number of amides is 1. The summed E-state index contributed by atoms with van der Waals surface area (Å²) in [5, 5.41) is 11.9. The summed E-state index contributed by atoms with van der Waals surface area (Å²) >= 11 is 0. The Labute approximate surface area is 113 Å². The van der Waals surface area contributed by atoms with Crippen molar-refractivity contribution in [1.29, 1.82) is 0 Å². The van der Waals surface area contributed by atoms with E-state index in [-0.39, 0.29) is 18.2 Å². The number of carbonyl (C=O) groups excluding carboxylic acids is 1. The summed E-state index contributed by atoms with van der Waals surface area (Å²) in [6.07, 6.45) is -0.0738. The second-order valence-corrected chi connectivity index (χ2v) is 5.27. The normalized spacial score (nSPS) is 13.9. The number of hydrogen-bond acceptors (Lipinski definition) is 3. The lowest BCUT2D eigenvalue weighted by Gasteiger charge is -2.28. The van der Waals surface area contributed by atoms with Crippen LogP contribution in [-0.4, -0.2) is 22.0 Å². The van der Waals surface area contributed by atoms with Crippen LogP contribution in [0.15, 0.2) is 18.2 Å². The lowest BCUT2D eigenvalue weighted by Crippen LogP contribution is -2.37. The first-order chi connectivity index (χ1) is 8.75. The maximum Gasteiger partial charge on any atom is 0.310 e. The van der Waals surface area contributed by atoms with Crippen LogP contribution in [0.5, 0.6) is 0 Å². The zero-order valence-electron chi connectivity index (χ0n) is 11.7. The lowest BCUT2D eigenvalue weighted by atomic mass is 9.76. The van der Waals surface area contributed by atoms with E-state index < -0.39 is 11.4 Å². The summed E-state index contributed by atoms with van der Waals surface area (Å²) in [5.74, 6) is -0.991. The number of rotatable bonds is 5. The van der Waals surface area contributed by atoms with E-state index in [0.29, 0.717) is 5.82 Å². The quantitative estimate of drug-likeness (QED) is 0.856. The van der Waals surface area contributed by atoms with E-state index in [0.717, 1.165) is 5.69 Å². The van der Waals surface area contributed by atoms with Crippen LogP contribution in [0.2, 0.25) is 0 Å². The Bertz CT molecular complexity index is 485. The van der Waals surface area contributed by atoms with Crippen molar-refractivity contribution in [2.24, 2.45) is 11.3 Å². The van der Waals surface area contributed by atoms with E-state index >= 15 is 0 Å². The van der Waals surface area contributed by atoms with Crippen molar-refractivity contribution in [2.75, 3.05) is 5.32 Å². The van der Waals surface area contributed by atoms with Gasteiger partial charge in [-0.2, -0.15) is 0 Å². The van der Waals surface area contributed by atoms with E-state index in [1.165, 1.54) is 0 Å². The van der Waals surface area contributed by atoms with E-state index in [9.17, 15) is 14.7 Å². The maximum absolute atomic E-state index is 11.9. The Balaban J connectivity index is 2.77. The average Bonchev–Trinajstić information content (AvgIpc) is 2.27. The Morgan fingerprint density at radius 3 is 2.53 bits per heavy atom. The summed E-state index contributed by atoms with van der Waals surface area (Å²) in [6, 6.07) is 5.29. The van der Waals surface area contributed by atoms with E-state index in [4.69, 9.17) is 0 Å². The number of aromatic nitrogens is 1. The van der Waals surface area contributed by atoms with E-state index in [1.54, 1.807) is 32.9 Å². The summed E-state index contributed by atoms with van der Waals surface area (Å²) in [5.41, 5.74) is -0.281. The number of aliphatic carboxylic acids is 1. The minimum Gasteiger partial charge on any atom is -0.481 e. The number of carbonyl (C=O) groups is 2. The molecule has 0 aliphatic carbocycles. The highest BCUT2D eigenvalue weighted by Gasteiger charge is 2.38. The third-order valence-electron chi connectivity index (χ3n) is 3.45. The number of hydrogen-bond donors (Lipinski definition) is 2. The van der Waals surface area contributed by atoms with Gasteiger partial charge in [0.25, 0.3) is 0 Å². The molecule has 1 atom stereocenters. The topological polar surface area (TPSA) is 79.3 Å². The largest absolute Gasteiger partial charge is 0.481 e. The molecule has 19 heavy (non-hydrogen) atoms. The van der Waals surface area contributed by atoms with Crippen LogP contribution >= 0.6 is 0 Å². The number of aryl methyl sites for hydroxylation is 1. The van der Waals surface area contributed by atoms with Crippen molar-refractivity contribution in [3.8, 4) is 0 Å². The zero-order valence-corrected chi connectivity index (χ0v) is 11.7. The molecule has 0 saturated carbocycles. The van der Waals surface area contributed by atoms with Gasteiger partial charge >= 0.3 is 5.97 Å². The molecular formula is C14H20N2O3. The van der Waals surface area contributed by atoms with E-state index in [1.807, 2.05) is 13.0 Å². The van der Waals surface area contributed by atoms with E-state index in [2.05, 4.69) is 10.3 Å². The Morgan fingerprint density at radius 2 is 2.05 bits per heavy atom. The SMILES string of the molecule is Cc1cccc(NC(=O)CC(C)(C(=O)O)C(C)C)n1. The van der Waals surface area contributed by atoms with Crippen LogP contribution in [0.3, 0.4) is 0 Å². The first kappa shape index (κ1) is 15.1. The monoisotopic (exact) mass is 264 g/mol. The molecule has 1 heterocycles. The fourth-order valence-electron chi connectivity index (χ4n) is 1.66. The predicted octanol–water partition coefficient (Wildman–Crippen LogP) is 2.47. The molecule has 0 aliphatic heterocycles. The van der Waals surface area contributed by atoms with Gasteiger partial charge in [-0.15, -0.1) is 0 Å². The maximum atomic E-state index is 11.9. The minimum absolute atomic E-state index is 0.0738. The molecule has 2 N–H and O–H groups in total. The molecule has 0 spiro atoms. The molecule has 0 aromatic carbocycles. The van der Waals surface area contributed by atoms with Crippen LogP contribution in [0, 0.1) is 18.3 Å². The molecule has 0 fully saturated rings. The molecule has 104 valence electrons. The minimum atomic E-state index is -1.08. The molecule has 0 bridgehead atoms. The van der Waals surface area contributed by atoms with Crippen molar-refractivity contribution < 1.29 is 14.7 Å². The number of carboxylic acids is 1. The zero-order chi connectivity index (χ0) is 14.6. The van der Waals surface area contributed by atoms with Crippen LogP contribution in [0.25, 0.3) is 0 Å². The second-order valence-electron chi connectivity index (χ2n) is 5.27. The van der Waals surface area contributed by atoms with Crippen molar-refractivity contribution in [2.45, 2.75) is 34.1 Å². The molecule has 1 unspecified atom stereocenters. The lowest BCUT2D eigenvalue weighted by molar-refractivity contribution is -0.153. The molecule has 1 rings (SSSR count). The molecule has 1 aromatic rings. The molecule has 1 aromatic heterocycles. The molecule has 0 radical (unpaired) electrons. The van der Waals surface area contributed by atoms with Gasteiger partial charge in [-0.05, 0) is 31.9 Å². The van der Waals surface area contributed by atoms with Gasteiger partial charge in [0.15, 0.2) is 0 Å². The fourth-order valence-corrected chi connectivity index (χ4v) is 1.66. The Hall–Kier alpha value is -1.91. The van der Waals surface area contributed by atoms with Crippen molar-refractivity contribution in [1.82, 2.24) is 4.98 Å². The predicted molar refractivity (Wildman–Crippen MR) is 72.8 cm³/mol. The molecule has 1 amide bonds. The van der Waals surface area contributed by atoms with Crippen molar-refractivity contribution in [3.63, 3.8) is 0 Å². The summed E-state index contributed by atoms with van der Waals surface area (Å²) in [6.45, 7) is 7.01.